The molecule has 0 spiro atoms. The van der Waals surface area contributed by atoms with Gasteiger partial charge in [0, 0.05) is 31.1 Å². The normalized spacial score (nSPS) is 20.7. The highest BCUT2D eigenvalue weighted by Gasteiger charge is 2.27. The Morgan fingerprint density at radius 1 is 1.25 bits per heavy atom. The molecule has 3 N–H and O–H groups in total. The van der Waals surface area contributed by atoms with Crippen molar-refractivity contribution < 1.29 is 0 Å². The molecular formula is C19H25N5. The van der Waals surface area contributed by atoms with Crippen LogP contribution in [0.3, 0.4) is 0 Å². The molecule has 1 fully saturated rings. The van der Waals surface area contributed by atoms with Crippen LogP contribution in [0.5, 0.6) is 0 Å². The lowest BCUT2D eigenvalue weighted by atomic mass is 9.87. The minimum Gasteiger partial charge on any atom is -0.368 e. The summed E-state index contributed by atoms with van der Waals surface area (Å²) >= 11 is 0. The minimum absolute atomic E-state index is 0.394. The van der Waals surface area contributed by atoms with Crippen molar-refractivity contribution in [2.45, 2.75) is 38.6 Å². The fourth-order valence-corrected chi connectivity index (χ4v) is 4.09. The second-order valence-corrected chi connectivity index (χ2v) is 6.90. The lowest BCUT2D eigenvalue weighted by Crippen LogP contribution is -2.37. The van der Waals surface area contributed by atoms with E-state index >= 15 is 0 Å². The van der Waals surface area contributed by atoms with E-state index in [1.54, 1.807) is 0 Å². The smallest absolute Gasteiger partial charge is 0.222 e. The number of benzene rings is 1. The lowest BCUT2D eigenvalue weighted by molar-refractivity contribution is 0.502. The molecule has 5 heteroatoms. The predicted octanol–water partition coefficient (Wildman–Crippen LogP) is 2.40. The third-order valence-corrected chi connectivity index (χ3v) is 5.28. The van der Waals surface area contributed by atoms with Crippen LogP contribution in [0, 0.1) is 6.92 Å². The van der Waals surface area contributed by atoms with Gasteiger partial charge in [-0.25, -0.2) is 4.98 Å². The standard InChI is InChI=1S/C19H25N5/c1-13-5-2-3-7-15(13)14-6-4-10-24(12-14)18-16-8-9-21-11-17(16)22-19(20)23-18/h2-3,5,7,14,21H,4,6,8-12H2,1H3,(H2,20,22,23)/t14-/m1/s1. The van der Waals surface area contributed by atoms with Crippen molar-refractivity contribution in [1.29, 1.82) is 0 Å². The van der Waals surface area contributed by atoms with Crippen molar-refractivity contribution in [3.63, 3.8) is 0 Å². The highest BCUT2D eigenvalue weighted by molar-refractivity contribution is 5.53. The van der Waals surface area contributed by atoms with Crippen molar-refractivity contribution in [1.82, 2.24) is 15.3 Å². The Morgan fingerprint density at radius 2 is 2.12 bits per heavy atom. The van der Waals surface area contributed by atoms with Crippen LogP contribution < -0.4 is 16.0 Å². The maximum Gasteiger partial charge on any atom is 0.222 e. The number of nitrogens with two attached hydrogens (primary N) is 1. The molecule has 126 valence electrons. The molecular weight excluding hydrogens is 298 g/mol. The zero-order chi connectivity index (χ0) is 16.5. The summed E-state index contributed by atoms with van der Waals surface area (Å²) in [6.07, 6.45) is 3.41. The number of fused-ring (bicyclic) bond motifs is 1. The number of nitrogen functional groups attached to an aromatic ring is 1. The molecule has 0 amide bonds. The van der Waals surface area contributed by atoms with Gasteiger partial charge >= 0.3 is 0 Å². The van der Waals surface area contributed by atoms with E-state index in [1.165, 1.54) is 29.5 Å². The largest absolute Gasteiger partial charge is 0.368 e. The Kier molecular flexibility index (Phi) is 4.10. The molecule has 24 heavy (non-hydrogen) atoms. The number of nitrogens with one attached hydrogen (secondary N) is 1. The fraction of sp³-hybridized carbons (Fsp3) is 0.474. The van der Waals surface area contributed by atoms with E-state index < -0.39 is 0 Å². The van der Waals surface area contributed by atoms with Crippen LogP contribution in [0.2, 0.25) is 0 Å². The average Bonchev–Trinajstić information content (AvgIpc) is 2.61. The van der Waals surface area contributed by atoms with Crippen LogP contribution in [0.4, 0.5) is 11.8 Å². The average molecular weight is 323 g/mol. The number of rotatable bonds is 2. The first kappa shape index (κ1) is 15.4. The number of hydrogen-bond acceptors (Lipinski definition) is 5. The van der Waals surface area contributed by atoms with E-state index in [9.17, 15) is 0 Å². The topological polar surface area (TPSA) is 67.1 Å². The van der Waals surface area contributed by atoms with Crippen LogP contribution in [-0.4, -0.2) is 29.6 Å². The number of aryl methyl sites for hydroxylation is 1. The van der Waals surface area contributed by atoms with E-state index in [0.29, 0.717) is 11.9 Å². The van der Waals surface area contributed by atoms with Gasteiger partial charge in [-0.2, -0.15) is 4.98 Å². The van der Waals surface area contributed by atoms with Gasteiger partial charge in [0.25, 0.3) is 0 Å². The molecule has 4 rings (SSSR count). The van der Waals surface area contributed by atoms with Crippen molar-refractivity contribution in [2.75, 3.05) is 30.3 Å². The molecule has 1 atom stereocenters. The molecule has 1 saturated heterocycles. The molecule has 0 unspecified atom stereocenters. The van der Waals surface area contributed by atoms with Crippen LogP contribution in [0.1, 0.15) is 41.1 Å². The van der Waals surface area contributed by atoms with Gasteiger partial charge in [0.05, 0.1) is 5.69 Å². The summed E-state index contributed by atoms with van der Waals surface area (Å²) in [6.45, 7) is 6.07. The molecule has 0 aliphatic carbocycles. The molecule has 0 bridgehead atoms. The van der Waals surface area contributed by atoms with Gasteiger partial charge in [-0.05, 0) is 43.9 Å². The first-order valence-electron chi connectivity index (χ1n) is 8.89. The molecule has 0 saturated carbocycles. The minimum atomic E-state index is 0.394. The maximum absolute atomic E-state index is 5.98. The van der Waals surface area contributed by atoms with E-state index in [0.717, 1.165) is 44.1 Å². The first-order valence-corrected chi connectivity index (χ1v) is 8.89. The Hall–Kier alpha value is -2.14. The van der Waals surface area contributed by atoms with Crippen molar-refractivity contribution in [3.05, 3.63) is 46.6 Å². The second-order valence-electron chi connectivity index (χ2n) is 6.90. The summed E-state index contributed by atoms with van der Waals surface area (Å²) in [5.41, 5.74) is 11.2. The van der Waals surface area contributed by atoms with Gasteiger partial charge in [-0.15, -0.1) is 0 Å². The molecule has 1 aromatic carbocycles. The molecule has 2 aromatic rings. The molecule has 2 aliphatic rings. The molecule has 3 heterocycles. The van der Waals surface area contributed by atoms with Gasteiger partial charge in [0.2, 0.25) is 5.95 Å². The van der Waals surface area contributed by atoms with E-state index in [1.807, 2.05) is 0 Å². The summed E-state index contributed by atoms with van der Waals surface area (Å²) in [5, 5.41) is 3.38. The zero-order valence-corrected chi connectivity index (χ0v) is 14.3. The van der Waals surface area contributed by atoms with E-state index in [2.05, 4.69) is 51.4 Å². The third-order valence-electron chi connectivity index (χ3n) is 5.28. The van der Waals surface area contributed by atoms with E-state index in [4.69, 9.17) is 5.73 Å². The Bertz CT molecular complexity index is 743. The Morgan fingerprint density at radius 3 is 3.00 bits per heavy atom. The fourth-order valence-electron chi connectivity index (χ4n) is 4.09. The van der Waals surface area contributed by atoms with Crippen LogP contribution >= 0.6 is 0 Å². The molecule has 0 radical (unpaired) electrons. The highest BCUT2D eigenvalue weighted by atomic mass is 15.2. The predicted molar refractivity (Wildman–Crippen MR) is 97.2 cm³/mol. The van der Waals surface area contributed by atoms with E-state index in [-0.39, 0.29) is 0 Å². The summed E-state index contributed by atoms with van der Waals surface area (Å²) < 4.78 is 0. The lowest BCUT2D eigenvalue weighted by Gasteiger charge is -2.36. The number of anilines is 2. The number of piperidine rings is 1. The van der Waals surface area contributed by atoms with Gasteiger partial charge in [0.1, 0.15) is 5.82 Å². The summed E-state index contributed by atoms with van der Waals surface area (Å²) in [4.78, 5) is 11.5. The van der Waals surface area contributed by atoms with Gasteiger partial charge in [-0.1, -0.05) is 24.3 Å². The van der Waals surface area contributed by atoms with Crippen LogP contribution in [0.15, 0.2) is 24.3 Å². The molecule has 1 aromatic heterocycles. The van der Waals surface area contributed by atoms with Gasteiger partial charge in [-0.3, -0.25) is 0 Å². The van der Waals surface area contributed by atoms with Crippen molar-refractivity contribution >= 4 is 11.8 Å². The SMILES string of the molecule is Cc1ccccc1[C@@H]1CCCN(c2nc(N)nc3c2CCNC3)C1. The number of hydrogen-bond donors (Lipinski definition) is 2. The number of aromatic nitrogens is 2. The van der Waals surface area contributed by atoms with Gasteiger partial charge in [0.15, 0.2) is 0 Å². The quantitative estimate of drug-likeness (QED) is 0.888. The zero-order valence-electron chi connectivity index (χ0n) is 14.3. The first-order chi connectivity index (χ1) is 11.7. The molecule has 2 aliphatic heterocycles. The summed E-state index contributed by atoms with van der Waals surface area (Å²) in [7, 11) is 0. The molecule has 5 nitrogen and oxygen atoms in total. The number of nitrogens with zero attached hydrogens (tertiary/aromatic N) is 3. The monoisotopic (exact) mass is 323 g/mol. The summed E-state index contributed by atoms with van der Waals surface area (Å²) in [5.74, 6) is 2.02. The summed E-state index contributed by atoms with van der Waals surface area (Å²) in [6, 6.07) is 8.76. The highest BCUT2D eigenvalue weighted by Crippen LogP contribution is 2.33. The Balaban J connectivity index is 1.65. The van der Waals surface area contributed by atoms with Crippen LogP contribution in [0.25, 0.3) is 0 Å². The maximum atomic E-state index is 5.98. The van der Waals surface area contributed by atoms with Crippen LogP contribution in [-0.2, 0) is 13.0 Å². The Labute approximate surface area is 143 Å². The van der Waals surface area contributed by atoms with Crippen molar-refractivity contribution in [2.24, 2.45) is 0 Å². The third kappa shape index (κ3) is 2.84. The van der Waals surface area contributed by atoms with Gasteiger partial charge < -0.3 is 16.0 Å². The second kappa shape index (κ2) is 6.40. The van der Waals surface area contributed by atoms with Crippen molar-refractivity contribution in [3.8, 4) is 0 Å².